The van der Waals surface area contributed by atoms with Crippen LogP contribution in [0, 0.1) is 11.3 Å². The molecule has 1 aromatic heterocycles. The fraction of sp³-hybridized carbons (Fsp3) is 0.765. The molecule has 0 bridgehead atoms. The van der Waals surface area contributed by atoms with Crippen molar-refractivity contribution in [3.63, 3.8) is 0 Å². The van der Waals surface area contributed by atoms with Crippen LogP contribution >= 0.6 is 0 Å². The number of aryl methyl sites for hydroxylation is 1. The number of anilines is 1. The molecule has 1 aromatic rings. The van der Waals surface area contributed by atoms with Crippen LogP contribution in [-0.2, 0) is 19.4 Å². The Hall–Kier alpha value is -1.16. The minimum Gasteiger partial charge on any atom is -0.355 e. The number of nitrogens with two attached hydrogens (primary N) is 1. The van der Waals surface area contributed by atoms with Gasteiger partial charge in [0.2, 0.25) is 0 Å². The summed E-state index contributed by atoms with van der Waals surface area (Å²) in [4.78, 5) is 2.39. The zero-order valence-corrected chi connectivity index (χ0v) is 14.2. The molecule has 1 atom stereocenters. The lowest BCUT2D eigenvalue weighted by Crippen LogP contribution is -2.28. The summed E-state index contributed by atoms with van der Waals surface area (Å²) in [5.74, 6) is 1.74. The summed E-state index contributed by atoms with van der Waals surface area (Å²) in [6.45, 7) is 14.0. The molecule has 2 N–H and O–H groups in total. The van der Waals surface area contributed by atoms with E-state index in [-0.39, 0.29) is 0 Å². The van der Waals surface area contributed by atoms with E-state index in [9.17, 15) is 0 Å². The SMILES string of the molecule is CCc1nnc(N2CCC(C(C)(C)C)C2)c(CN)c1CC. The Morgan fingerprint density at radius 3 is 2.33 bits per heavy atom. The van der Waals surface area contributed by atoms with Gasteiger partial charge in [0.15, 0.2) is 5.82 Å². The standard InChI is InChI=1S/C17H30N4/c1-6-13-14(10-18)16(20-19-15(13)7-2)21-9-8-12(11-21)17(3,4)5/h12H,6-11,18H2,1-5H3. The molecule has 0 spiro atoms. The highest BCUT2D eigenvalue weighted by atomic mass is 15.3. The number of aromatic nitrogens is 2. The van der Waals surface area contributed by atoms with Gasteiger partial charge in [-0.05, 0) is 36.2 Å². The van der Waals surface area contributed by atoms with Gasteiger partial charge < -0.3 is 10.6 Å². The molecule has 4 nitrogen and oxygen atoms in total. The van der Waals surface area contributed by atoms with Crippen LogP contribution < -0.4 is 10.6 Å². The first kappa shape index (κ1) is 16.2. The van der Waals surface area contributed by atoms with Crippen LogP contribution in [0.1, 0.15) is 57.9 Å². The van der Waals surface area contributed by atoms with E-state index in [0.717, 1.165) is 37.4 Å². The third kappa shape index (κ3) is 3.20. The van der Waals surface area contributed by atoms with Crippen molar-refractivity contribution in [2.24, 2.45) is 17.1 Å². The highest BCUT2D eigenvalue weighted by Crippen LogP contribution is 2.36. The predicted octanol–water partition coefficient (Wildman–Crippen LogP) is 2.93. The molecule has 1 aliphatic rings. The van der Waals surface area contributed by atoms with Crippen LogP contribution in [0.15, 0.2) is 0 Å². The van der Waals surface area contributed by atoms with Gasteiger partial charge in [-0.15, -0.1) is 5.10 Å². The number of rotatable bonds is 4. The van der Waals surface area contributed by atoms with E-state index in [0.29, 0.717) is 17.9 Å². The molecular formula is C17H30N4. The molecule has 118 valence electrons. The van der Waals surface area contributed by atoms with Gasteiger partial charge in [-0.2, -0.15) is 5.10 Å². The first-order valence-corrected chi connectivity index (χ1v) is 8.24. The maximum atomic E-state index is 6.04. The summed E-state index contributed by atoms with van der Waals surface area (Å²) >= 11 is 0. The molecule has 0 amide bonds. The largest absolute Gasteiger partial charge is 0.355 e. The Morgan fingerprint density at radius 2 is 1.86 bits per heavy atom. The van der Waals surface area contributed by atoms with Crippen molar-refractivity contribution < 1.29 is 0 Å². The minimum absolute atomic E-state index is 0.349. The monoisotopic (exact) mass is 290 g/mol. The Labute approximate surface area is 129 Å². The van der Waals surface area contributed by atoms with Crippen LogP contribution in [0.2, 0.25) is 0 Å². The first-order chi connectivity index (χ1) is 9.92. The zero-order valence-electron chi connectivity index (χ0n) is 14.2. The van der Waals surface area contributed by atoms with Crippen molar-refractivity contribution in [2.75, 3.05) is 18.0 Å². The molecule has 2 rings (SSSR count). The van der Waals surface area contributed by atoms with Gasteiger partial charge in [-0.1, -0.05) is 34.6 Å². The normalized spacial score (nSPS) is 19.3. The third-order valence-corrected chi connectivity index (χ3v) is 4.85. The van der Waals surface area contributed by atoms with E-state index in [1.807, 2.05) is 0 Å². The van der Waals surface area contributed by atoms with Gasteiger partial charge in [-0.25, -0.2) is 0 Å². The lowest BCUT2D eigenvalue weighted by molar-refractivity contribution is 0.263. The predicted molar refractivity (Wildman–Crippen MR) is 88.5 cm³/mol. The van der Waals surface area contributed by atoms with Crippen molar-refractivity contribution in [2.45, 2.75) is 60.4 Å². The zero-order chi connectivity index (χ0) is 15.6. The lowest BCUT2D eigenvalue weighted by atomic mass is 9.80. The van der Waals surface area contributed by atoms with Crippen molar-refractivity contribution in [1.29, 1.82) is 0 Å². The van der Waals surface area contributed by atoms with Crippen molar-refractivity contribution in [1.82, 2.24) is 10.2 Å². The molecule has 2 heterocycles. The maximum absolute atomic E-state index is 6.04. The van der Waals surface area contributed by atoms with E-state index in [4.69, 9.17) is 5.73 Å². The Morgan fingerprint density at radius 1 is 1.14 bits per heavy atom. The molecule has 1 aliphatic heterocycles. The Balaban J connectivity index is 2.33. The fourth-order valence-electron chi connectivity index (χ4n) is 3.37. The van der Waals surface area contributed by atoms with Gasteiger partial charge in [0, 0.05) is 25.2 Å². The second-order valence-corrected chi connectivity index (χ2v) is 7.14. The van der Waals surface area contributed by atoms with E-state index in [1.165, 1.54) is 17.5 Å². The molecule has 4 heteroatoms. The van der Waals surface area contributed by atoms with Crippen LogP contribution in [0.3, 0.4) is 0 Å². The van der Waals surface area contributed by atoms with Crippen LogP contribution in [-0.4, -0.2) is 23.3 Å². The quantitative estimate of drug-likeness (QED) is 0.926. The van der Waals surface area contributed by atoms with Crippen molar-refractivity contribution >= 4 is 5.82 Å². The Kier molecular flexibility index (Phi) is 4.87. The molecule has 1 saturated heterocycles. The summed E-state index contributed by atoms with van der Waals surface area (Å²) in [5, 5.41) is 8.98. The highest BCUT2D eigenvalue weighted by molar-refractivity contribution is 5.52. The van der Waals surface area contributed by atoms with Crippen LogP contribution in [0.4, 0.5) is 5.82 Å². The lowest BCUT2D eigenvalue weighted by Gasteiger charge is -2.28. The molecule has 0 radical (unpaired) electrons. The molecule has 0 saturated carbocycles. The van der Waals surface area contributed by atoms with Gasteiger partial charge in [0.1, 0.15) is 0 Å². The molecule has 1 fully saturated rings. The molecule has 1 unspecified atom stereocenters. The van der Waals surface area contributed by atoms with Gasteiger partial charge in [0.25, 0.3) is 0 Å². The maximum Gasteiger partial charge on any atom is 0.156 e. The molecule has 0 aliphatic carbocycles. The topological polar surface area (TPSA) is 55.0 Å². The van der Waals surface area contributed by atoms with Gasteiger partial charge in [-0.3, -0.25) is 0 Å². The average molecular weight is 290 g/mol. The summed E-state index contributed by atoms with van der Waals surface area (Å²) < 4.78 is 0. The summed E-state index contributed by atoms with van der Waals surface area (Å²) in [5.41, 5.74) is 10.0. The summed E-state index contributed by atoms with van der Waals surface area (Å²) in [7, 11) is 0. The second-order valence-electron chi connectivity index (χ2n) is 7.14. The number of hydrogen-bond acceptors (Lipinski definition) is 4. The number of hydrogen-bond donors (Lipinski definition) is 1. The molecule has 0 aromatic carbocycles. The second kappa shape index (κ2) is 6.30. The molecule has 21 heavy (non-hydrogen) atoms. The van der Waals surface area contributed by atoms with E-state index in [2.05, 4.69) is 49.7 Å². The van der Waals surface area contributed by atoms with E-state index in [1.54, 1.807) is 0 Å². The first-order valence-electron chi connectivity index (χ1n) is 8.24. The summed E-state index contributed by atoms with van der Waals surface area (Å²) in [6.07, 6.45) is 3.13. The number of nitrogens with zero attached hydrogens (tertiary/aromatic N) is 3. The van der Waals surface area contributed by atoms with Crippen LogP contribution in [0.5, 0.6) is 0 Å². The van der Waals surface area contributed by atoms with Crippen molar-refractivity contribution in [3.8, 4) is 0 Å². The van der Waals surface area contributed by atoms with Gasteiger partial charge in [0.05, 0.1) is 5.69 Å². The smallest absolute Gasteiger partial charge is 0.156 e. The highest BCUT2D eigenvalue weighted by Gasteiger charge is 2.33. The third-order valence-electron chi connectivity index (χ3n) is 4.85. The minimum atomic E-state index is 0.349. The average Bonchev–Trinajstić information content (AvgIpc) is 2.95. The summed E-state index contributed by atoms with van der Waals surface area (Å²) in [6, 6.07) is 0. The van der Waals surface area contributed by atoms with Gasteiger partial charge >= 0.3 is 0 Å². The van der Waals surface area contributed by atoms with E-state index < -0.39 is 0 Å². The molecular weight excluding hydrogens is 260 g/mol. The Bertz CT molecular complexity index is 490. The van der Waals surface area contributed by atoms with Crippen LogP contribution in [0.25, 0.3) is 0 Å². The van der Waals surface area contributed by atoms with Crippen molar-refractivity contribution in [3.05, 3.63) is 16.8 Å². The fourth-order valence-corrected chi connectivity index (χ4v) is 3.37. The van der Waals surface area contributed by atoms with E-state index >= 15 is 0 Å².